The smallest absolute Gasteiger partial charge is 0.153 e. The van der Waals surface area contributed by atoms with Gasteiger partial charge in [0.1, 0.15) is 5.41 Å². The highest BCUT2D eigenvalue weighted by atomic mass is 15.3. The van der Waals surface area contributed by atoms with Gasteiger partial charge in [0.15, 0.2) is 11.6 Å². The minimum Gasteiger partial charge on any atom is -0.232 e. The molecule has 1 aliphatic rings. The number of hydrogen-bond acceptors (Lipinski definition) is 4. The third-order valence-corrected chi connectivity index (χ3v) is 9.43. The Hall–Kier alpha value is -4.84. The van der Waals surface area contributed by atoms with Crippen LogP contribution in [0.3, 0.4) is 0 Å². The maximum atomic E-state index is 5.43. The first-order valence-corrected chi connectivity index (χ1v) is 16.1. The maximum absolute atomic E-state index is 5.43. The van der Waals surface area contributed by atoms with Crippen LogP contribution in [0.2, 0.25) is 0 Å². The minimum atomic E-state index is -0.797. The van der Waals surface area contributed by atoms with E-state index in [2.05, 4.69) is 140 Å². The minimum absolute atomic E-state index is 0.0688. The summed E-state index contributed by atoms with van der Waals surface area (Å²) in [5.74, 6) is 1.54. The van der Waals surface area contributed by atoms with Gasteiger partial charge < -0.3 is 0 Å². The zero-order valence-electron chi connectivity index (χ0n) is 28.1. The summed E-state index contributed by atoms with van der Waals surface area (Å²) in [6, 6.07) is 34.3. The van der Waals surface area contributed by atoms with Crippen molar-refractivity contribution in [2.24, 2.45) is 0 Å². The Balaban J connectivity index is 1.53. The van der Waals surface area contributed by atoms with Gasteiger partial charge in [-0.1, -0.05) is 116 Å². The van der Waals surface area contributed by atoms with Crippen LogP contribution in [0.25, 0.3) is 11.6 Å². The van der Waals surface area contributed by atoms with Gasteiger partial charge in [-0.2, -0.15) is 10.2 Å². The second kappa shape index (κ2) is 10.3. The first kappa shape index (κ1) is 29.8. The fourth-order valence-electron chi connectivity index (χ4n) is 6.91. The number of aromatic nitrogens is 6. The summed E-state index contributed by atoms with van der Waals surface area (Å²) in [5, 5.41) is 9.90. The molecule has 0 fully saturated rings. The van der Waals surface area contributed by atoms with Crippen molar-refractivity contribution >= 4 is 0 Å². The molecule has 0 radical (unpaired) electrons. The molecule has 6 heteroatoms. The molecule has 0 atom stereocenters. The van der Waals surface area contributed by atoms with E-state index < -0.39 is 5.41 Å². The van der Waals surface area contributed by atoms with Crippen LogP contribution in [0, 0.1) is 0 Å². The molecule has 0 saturated heterocycles. The van der Waals surface area contributed by atoms with E-state index in [4.69, 9.17) is 20.2 Å². The number of benzene rings is 2. The molecule has 4 aromatic heterocycles. The number of rotatable bonds is 4. The molecule has 1 aliphatic carbocycles. The zero-order chi connectivity index (χ0) is 32.5. The topological polar surface area (TPSA) is 61.4 Å². The third kappa shape index (κ3) is 4.61. The van der Waals surface area contributed by atoms with Crippen molar-refractivity contribution < 1.29 is 0 Å². The lowest BCUT2D eigenvalue weighted by atomic mass is 9.56. The Labute approximate surface area is 272 Å². The van der Waals surface area contributed by atoms with Crippen LogP contribution in [0.15, 0.2) is 109 Å². The highest BCUT2D eigenvalue weighted by Crippen LogP contribution is 2.55. The number of fused-ring (bicyclic) bond motifs is 2. The van der Waals surface area contributed by atoms with Gasteiger partial charge in [0.2, 0.25) is 0 Å². The molecule has 0 saturated carbocycles. The lowest BCUT2D eigenvalue weighted by Gasteiger charge is -2.46. The van der Waals surface area contributed by atoms with Crippen molar-refractivity contribution in [3.05, 3.63) is 154 Å². The van der Waals surface area contributed by atoms with Crippen molar-refractivity contribution in [2.75, 3.05) is 0 Å². The summed E-state index contributed by atoms with van der Waals surface area (Å²) in [7, 11) is 0. The highest BCUT2D eigenvalue weighted by Gasteiger charge is 2.51. The van der Waals surface area contributed by atoms with Crippen LogP contribution in [0.1, 0.15) is 100 Å². The van der Waals surface area contributed by atoms with Gasteiger partial charge in [-0.25, -0.2) is 19.3 Å². The summed E-state index contributed by atoms with van der Waals surface area (Å²) in [5.41, 5.74) is 7.56. The first-order chi connectivity index (χ1) is 21.8. The molecule has 4 heterocycles. The molecule has 2 aromatic carbocycles. The quantitative estimate of drug-likeness (QED) is 0.202. The molecule has 6 aromatic rings. The van der Waals surface area contributed by atoms with E-state index in [0.29, 0.717) is 0 Å². The lowest BCUT2D eigenvalue weighted by molar-refractivity contribution is 0.541. The largest absolute Gasteiger partial charge is 0.232 e. The molecule has 0 spiro atoms. The second-order valence-corrected chi connectivity index (χ2v) is 15.0. The van der Waals surface area contributed by atoms with Gasteiger partial charge in [-0.3, -0.25) is 0 Å². The fourth-order valence-corrected chi connectivity index (χ4v) is 6.91. The average molecular weight is 607 g/mol. The highest BCUT2D eigenvalue weighted by molar-refractivity contribution is 5.68. The zero-order valence-corrected chi connectivity index (χ0v) is 28.1. The molecular weight excluding hydrogens is 564 g/mol. The predicted octanol–water partition coefficient (Wildman–Crippen LogP) is 8.47. The Morgan fingerprint density at radius 3 is 1.24 bits per heavy atom. The van der Waals surface area contributed by atoms with Crippen LogP contribution < -0.4 is 0 Å². The van der Waals surface area contributed by atoms with E-state index in [1.54, 1.807) is 0 Å². The van der Waals surface area contributed by atoms with E-state index in [-0.39, 0.29) is 16.2 Å². The summed E-state index contributed by atoms with van der Waals surface area (Å²) >= 11 is 0. The van der Waals surface area contributed by atoms with Gasteiger partial charge in [-0.05, 0) is 58.7 Å². The Bertz CT molecular complexity index is 1920. The standard InChI is InChI=1S/C40H42N6/c1-37(2,3)31-23-25-45(43-31)35-21-13-19-33(41-35)40(34-20-14-22-36(42-34)46-26-24-32(44-46)38(4,5)6)29-17-11-9-15-27(29)39(7,8)28-16-10-12-18-30(28)40/h9-26H,1-8H3. The van der Waals surface area contributed by atoms with E-state index in [1.807, 2.05) is 33.9 Å². The average Bonchev–Trinajstić information content (AvgIpc) is 3.74. The summed E-state index contributed by atoms with van der Waals surface area (Å²) < 4.78 is 3.79. The Morgan fingerprint density at radius 2 is 0.870 bits per heavy atom. The van der Waals surface area contributed by atoms with E-state index in [1.165, 1.54) is 22.3 Å². The summed E-state index contributed by atoms with van der Waals surface area (Å²) in [4.78, 5) is 10.9. The molecule has 6 nitrogen and oxygen atoms in total. The van der Waals surface area contributed by atoms with E-state index >= 15 is 0 Å². The second-order valence-electron chi connectivity index (χ2n) is 15.0. The van der Waals surface area contributed by atoms with Crippen LogP contribution in [-0.2, 0) is 21.7 Å². The molecule has 46 heavy (non-hydrogen) atoms. The number of hydrogen-bond donors (Lipinski definition) is 0. The van der Waals surface area contributed by atoms with Gasteiger partial charge in [0.05, 0.1) is 22.8 Å². The van der Waals surface area contributed by atoms with Gasteiger partial charge in [0.25, 0.3) is 0 Å². The fraction of sp³-hybridized carbons (Fsp3) is 0.300. The Kier molecular flexibility index (Phi) is 6.71. The van der Waals surface area contributed by atoms with Crippen LogP contribution >= 0.6 is 0 Å². The van der Waals surface area contributed by atoms with Gasteiger partial charge in [0, 0.05) is 28.6 Å². The first-order valence-electron chi connectivity index (χ1n) is 16.1. The summed E-state index contributed by atoms with van der Waals surface area (Å²) in [6.45, 7) is 17.7. The molecule has 0 bridgehead atoms. The van der Waals surface area contributed by atoms with Crippen molar-refractivity contribution in [2.45, 2.75) is 77.0 Å². The maximum Gasteiger partial charge on any atom is 0.153 e. The van der Waals surface area contributed by atoms with Crippen molar-refractivity contribution in [3.63, 3.8) is 0 Å². The molecule has 0 unspecified atom stereocenters. The number of pyridine rings is 2. The monoisotopic (exact) mass is 606 g/mol. The molecule has 7 rings (SSSR count). The molecule has 0 aliphatic heterocycles. The SMILES string of the molecule is CC(C)(C)c1ccn(-c2cccc(C3(c4cccc(-n5ccc(C(C)(C)C)n5)n4)c4ccccc4C(C)(C)c4ccccc43)n2)n1. The van der Waals surface area contributed by atoms with Gasteiger partial charge in [-0.15, -0.1) is 0 Å². The molecular formula is C40H42N6. The third-order valence-electron chi connectivity index (χ3n) is 9.43. The van der Waals surface area contributed by atoms with Gasteiger partial charge >= 0.3 is 0 Å². The lowest BCUT2D eigenvalue weighted by Crippen LogP contribution is -2.43. The number of nitrogens with zero attached hydrogens (tertiary/aromatic N) is 6. The Morgan fingerprint density at radius 1 is 0.478 bits per heavy atom. The van der Waals surface area contributed by atoms with Crippen LogP contribution in [0.5, 0.6) is 0 Å². The van der Waals surface area contributed by atoms with E-state index in [9.17, 15) is 0 Å². The van der Waals surface area contributed by atoms with Crippen LogP contribution in [-0.4, -0.2) is 29.5 Å². The molecule has 0 N–H and O–H groups in total. The van der Waals surface area contributed by atoms with Crippen molar-refractivity contribution in [1.82, 2.24) is 29.5 Å². The van der Waals surface area contributed by atoms with Crippen molar-refractivity contribution in [1.29, 1.82) is 0 Å². The van der Waals surface area contributed by atoms with Crippen molar-refractivity contribution in [3.8, 4) is 11.6 Å². The van der Waals surface area contributed by atoms with E-state index in [0.717, 1.165) is 34.4 Å². The predicted molar refractivity (Wildman–Crippen MR) is 184 cm³/mol. The molecule has 232 valence electrons. The normalized spacial score (nSPS) is 15.3. The summed E-state index contributed by atoms with van der Waals surface area (Å²) in [6.07, 6.45) is 4.02. The van der Waals surface area contributed by atoms with Crippen LogP contribution in [0.4, 0.5) is 0 Å². The molecule has 0 amide bonds.